The molecule has 1 unspecified atom stereocenters. The van der Waals surface area contributed by atoms with Crippen molar-refractivity contribution in [2.24, 2.45) is 0 Å². The van der Waals surface area contributed by atoms with E-state index in [2.05, 4.69) is 27.4 Å². The van der Waals surface area contributed by atoms with Gasteiger partial charge in [-0.15, -0.1) is 0 Å². The minimum atomic E-state index is 0.174. The molecule has 2 rings (SSSR count). The summed E-state index contributed by atoms with van der Waals surface area (Å²) in [7, 11) is 0. The number of rotatable bonds is 6. The normalized spacial score (nSPS) is 11.9. The van der Waals surface area contributed by atoms with Crippen molar-refractivity contribution in [2.45, 2.75) is 25.8 Å². The molecule has 0 fully saturated rings. The molecule has 0 radical (unpaired) electrons. The molecule has 2 aromatic rings. The van der Waals surface area contributed by atoms with Gasteiger partial charge in [-0.3, -0.25) is 4.79 Å². The minimum absolute atomic E-state index is 0.174. The number of carbonyl (C=O) groups is 1. The number of aldehydes is 1. The molecule has 0 saturated heterocycles. The molecule has 0 aliphatic rings. The van der Waals surface area contributed by atoms with E-state index in [0.29, 0.717) is 17.7 Å². The number of aryl methyl sites for hydroxylation is 1. The largest absolute Gasteiger partial charge is 0.367 e. The summed E-state index contributed by atoms with van der Waals surface area (Å²) in [5, 5.41) is 3.38. The number of halogens is 1. The number of benzene rings is 1. The monoisotopic (exact) mass is 289 g/mol. The molecule has 1 aromatic carbocycles. The van der Waals surface area contributed by atoms with E-state index in [-0.39, 0.29) is 11.2 Å². The molecule has 0 aliphatic carbocycles. The molecule has 4 nitrogen and oxygen atoms in total. The maximum Gasteiger partial charge on any atom is 0.156 e. The Bertz CT molecular complexity index is 575. The number of nitrogens with zero attached hydrogens (tertiary/aromatic N) is 2. The van der Waals surface area contributed by atoms with Crippen LogP contribution in [0.25, 0.3) is 0 Å². The van der Waals surface area contributed by atoms with Gasteiger partial charge < -0.3 is 5.32 Å². The Morgan fingerprint density at radius 1 is 1.30 bits per heavy atom. The van der Waals surface area contributed by atoms with Crippen LogP contribution in [0.4, 0.5) is 5.82 Å². The lowest BCUT2D eigenvalue weighted by atomic mass is 10.1. The van der Waals surface area contributed by atoms with Crippen LogP contribution in [0.5, 0.6) is 0 Å². The lowest BCUT2D eigenvalue weighted by molar-refractivity contribution is 0.112. The lowest BCUT2D eigenvalue weighted by Gasteiger charge is -2.15. The van der Waals surface area contributed by atoms with E-state index in [9.17, 15) is 4.79 Å². The van der Waals surface area contributed by atoms with Crippen molar-refractivity contribution in [3.63, 3.8) is 0 Å². The van der Waals surface area contributed by atoms with Crippen LogP contribution in [-0.2, 0) is 6.42 Å². The quantitative estimate of drug-likeness (QED) is 0.654. The van der Waals surface area contributed by atoms with Gasteiger partial charge in [0.25, 0.3) is 0 Å². The maximum atomic E-state index is 11.0. The summed E-state index contributed by atoms with van der Waals surface area (Å²) >= 11 is 5.86. The molecule has 1 aromatic heterocycles. The molecule has 0 saturated carbocycles. The molecule has 0 bridgehead atoms. The second-order valence-corrected chi connectivity index (χ2v) is 4.97. The fraction of sp³-hybridized carbons (Fsp3) is 0.267. The highest BCUT2D eigenvalue weighted by Crippen LogP contribution is 2.18. The molecule has 104 valence electrons. The number of nitrogens with one attached hydrogen (secondary N) is 1. The van der Waals surface area contributed by atoms with Gasteiger partial charge >= 0.3 is 0 Å². The van der Waals surface area contributed by atoms with Gasteiger partial charge in [0.05, 0.1) is 5.56 Å². The lowest BCUT2D eigenvalue weighted by Crippen LogP contribution is -2.18. The topological polar surface area (TPSA) is 54.9 Å². The van der Waals surface area contributed by atoms with Crippen LogP contribution in [0.2, 0.25) is 5.15 Å². The molecule has 20 heavy (non-hydrogen) atoms. The zero-order valence-corrected chi connectivity index (χ0v) is 12.0. The van der Waals surface area contributed by atoms with Crippen LogP contribution in [0.3, 0.4) is 0 Å². The van der Waals surface area contributed by atoms with E-state index in [0.717, 1.165) is 12.8 Å². The van der Waals surface area contributed by atoms with Crippen molar-refractivity contribution in [2.75, 3.05) is 5.32 Å². The number of hydrogen-bond acceptors (Lipinski definition) is 4. The molecule has 1 N–H and O–H groups in total. The van der Waals surface area contributed by atoms with Crippen molar-refractivity contribution in [3.05, 3.63) is 52.9 Å². The van der Waals surface area contributed by atoms with Crippen LogP contribution in [0, 0.1) is 0 Å². The van der Waals surface area contributed by atoms with E-state index < -0.39 is 0 Å². The SMILES string of the molecule is CC(CCc1ccccc1)Nc1ncnc(Cl)c1C=O. The molecule has 1 heterocycles. The smallest absolute Gasteiger partial charge is 0.156 e. The first-order valence-corrected chi connectivity index (χ1v) is 6.84. The third kappa shape index (κ3) is 3.78. The van der Waals surface area contributed by atoms with Gasteiger partial charge in [-0.25, -0.2) is 9.97 Å². The van der Waals surface area contributed by atoms with Gasteiger partial charge in [-0.05, 0) is 25.3 Å². The average molecular weight is 290 g/mol. The number of aromatic nitrogens is 2. The molecule has 1 atom stereocenters. The Kier molecular flexibility index (Phi) is 5.07. The van der Waals surface area contributed by atoms with Gasteiger partial charge in [0.1, 0.15) is 17.3 Å². The first-order valence-electron chi connectivity index (χ1n) is 6.47. The first-order chi connectivity index (χ1) is 9.70. The number of anilines is 1. The zero-order chi connectivity index (χ0) is 14.4. The highest BCUT2D eigenvalue weighted by Gasteiger charge is 2.11. The first kappa shape index (κ1) is 14.5. The molecular weight excluding hydrogens is 274 g/mol. The van der Waals surface area contributed by atoms with Crippen LogP contribution in [-0.4, -0.2) is 22.3 Å². The van der Waals surface area contributed by atoms with Gasteiger partial charge in [0, 0.05) is 6.04 Å². The Hall–Kier alpha value is -1.94. The zero-order valence-electron chi connectivity index (χ0n) is 11.2. The van der Waals surface area contributed by atoms with E-state index in [1.165, 1.54) is 11.9 Å². The van der Waals surface area contributed by atoms with Crippen LogP contribution in [0.1, 0.15) is 29.3 Å². The highest BCUT2D eigenvalue weighted by atomic mass is 35.5. The summed E-state index contributed by atoms with van der Waals surface area (Å²) in [5.74, 6) is 0.487. The van der Waals surface area contributed by atoms with Gasteiger partial charge in [0.15, 0.2) is 6.29 Å². The van der Waals surface area contributed by atoms with E-state index in [1.54, 1.807) is 0 Å². The third-order valence-electron chi connectivity index (χ3n) is 3.05. The predicted molar refractivity (Wildman–Crippen MR) is 80.3 cm³/mol. The summed E-state index contributed by atoms with van der Waals surface area (Å²) in [4.78, 5) is 18.9. The Labute approximate surface area is 123 Å². The maximum absolute atomic E-state index is 11.0. The number of hydrogen-bond donors (Lipinski definition) is 1. The van der Waals surface area contributed by atoms with Crippen LogP contribution >= 0.6 is 11.6 Å². The third-order valence-corrected chi connectivity index (χ3v) is 3.35. The molecule has 5 heteroatoms. The standard InChI is InChI=1S/C15H16ClN3O/c1-11(7-8-12-5-3-2-4-6-12)19-15-13(9-20)14(16)17-10-18-15/h2-6,9-11H,7-8H2,1H3,(H,17,18,19). The van der Waals surface area contributed by atoms with Crippen LogP contribution in [0.15, 0.2) is 36.7 Å². The van der Waals surface area contributed by atoms with Gasteiger partial charge in [0.2, 0.25) is 0 Å². The minimum Gasteiger partial charge on any atom is -0.367 e. The molecule has 0 aliphatic heterocycles. The summed E-state index contributed by atoms with van der Waals surface area (Å²) in [5.41, 5.74) is 1.60. The second kappa shape index (κ2) is 7.01. The Morgan fingerprint density at radius 3 is 2.75 bits per heavy atom. The molecule has 0 amide bonds. The summed E-state index contributed by atoms with van der Waals surface area (Å²) in [6.45, 7) is 2.05. The van der Waals surface area contributed by atoms with Crippen molar-refractivity contribution in [1.82, 2.24) is 9.97 Å². The van der Waals surface area contributed by atoms with Crippen molar-refractivity contribution in [1.29, 1.82) is 0 Å². The summed E-state index contributed by atoms with van der Waals surface area (Å²) in [6, 6.07) is 10.4. The van der Waals surface area contributed by atoms with E-state index in [1.807, 2.05) is 25.1 Å². The number of carbonyl (C=O) groups excluding carboxylic acids is 1. The van der Waals surface area contributed by atoms with Crippen molar-refractivity contribution in [3.8, 4) is 0 Å². The van der Waals surface area contributed by atoms with Crippen LogP contribution < -0.4 is 5.32 Å². The van der Waals surface area contributed by atoms with E-state index in [4.69, 9.17) is 11.6 Å². The molecular formula is C15H16ClN3O. The Balaban J connectivity index is 1.96. The second-order valence-electron chi connectivity index (χ2n) is 4.61. The van der Waals surface area contributed by atoms with Crippen molar-refractivity contribution < 1.29 is 4.79 Å². The fourth-order valence-electron chi connectivity index (χ4n) is 1.93. The van der Waals surface area contributed by atoms with Gasteiger partial charge in [-0.1, -0.05) is 41.9 Å². The van der Waals surface area contributed by atoms with Gasteiger partial charge in [-0.2, -0.15) is 0 Å². The Morgan fingerprint density at radius 2 is 2.05 bits per heavy atom. The predicted octanol–water partition coefficient (Wildman–Crippen LogP) is 3.38. The average Bonchev–Trinajstić information content (AvgIpc) is 2.46. The van der Waals surface area contributed by atoms with Crippen molar-refractivity contribution >= 4 is 23.7 Å². The highest BCUT2D eigenvalue weighted by molar-refractivity contribution is 6.32. The summed E-state index contributed by atoms with van der Waals surface area (Å²) < 4.78 is 0. The van der Waals surface area contributed by atoms with E-state index >= 15 is 0 Å². The fourth-order valence-corrected chi connectivity index (χ4v) is 2.10. The summed E-state index contributed by atoms with van der Waals surface area (Å²) in [6.07, 6.45) is 3.92. The molecule has 0 spiro atoms.